The van der Waals surface area contributed by atoms with E-state index in [0.29, 0.717) is 31.7 Å². The van der Waals surface area contributed by atoms with Crippen LogP contribution in [0.1, 0.15) is 33.1 Å². The summed E-state index contributed by atoms with van der Waals surface area (Å²) in [4.78, 5) is 2.52. The van der Waals surface area contributed by atoms with Gasteiger partial charge in [-0.15, -0.1) is 0 Å². The number of aliphatic hydroxyl groups excluding tert-OH is 1. The van der Waals surface area contributed by atoms with Crippen molar-refractivity contribution in [1.29, 1.82) is 0 Å². The molecule has 2 aliphatic rings. The molecule has 0 spiro atoms. The molecule has 2 fully saturated rings. The van der Waals surface area contributed by atoms with E-state index in [-0.39, 0.29) is 6.10 Å². The maximum Gasteiger partial charge on any atom is 0.0897 e. The van der Waals surface area contributed by atoms with Crippen LogP contribution >= 0.6 is 0 Å². The van der Waals surface area contributed by atoms with E-state index in [4.69, 9.17) is 9.47 Å². The van der Waals surface area contributed by atoms with Gasteiger partial charge in [-0.1, -0.05) is 0 Å². The Hall–Kier alpha value is -0.200. The molecule has 21 heavy (non-hydrogen) atoms. The lowest BCUT2D eigenvalue weighted by Gasteiger charge is -2.20. The van der Waals surface area contributed by atoms with E-state index in [1.165, 1.54) is 19.5 Å². The predicted molar refractivity (Wildman–Crippen MR) is 83.5 cm³/mol. The van der Waals surface area contributed by atoms with Crippen LogP contribution in [0.5, 0.6) is 0 Å². The Kier molecular flexibility index (Phi) is 7.40. The van der Waals surface area contributed by atoms with Crippen molar-refractivity contribution in [2.45, 2.75) is 51.4 Å². The Morgan fingerprint density at radius 1 is 1.38 bits per heavy atom. The molecule has 2 aliphatic heterocycles. The number of likely N-dealkylation sites (tertiary alicyclic amines) is 1. The molecule has 0 aliphatic carbocycles. The standard InChI is InChI=1S/C16H32N2O3/c1-13(2)18-6-5-14(10-18)8-17-9-15(19)11-20-12-16-4-3-7-21-16/h13-17,19H,3-12H2,1-2H3. The molecule has 0 aromatic heterocycles. The van der Waals surface area contributed by atoms with Crippen LogP contribution < -0.4 is 5.32 Å². The van der Waals surface area contributed by atoms with Gasteiger partial charge in [-0.2, -0.15) is 0 Å². The van der Waals surface area contributed by atoms with Gasteiger partial charge in [0.05, 0.1) is 25.4 Å². The zero-order chi connectivity index (χ0) is 15.1. The minimum Gasteiger partial charge on any atom is -0.389 e. The Morgan fingerprint density at radius 3 is 2.90 bits per heavy atom. The van der Waals surface area contributed by atoms with Crippen molar-refractivity contribution >= 4 is 0 Å². The number of ether oxygens (including phenoxy) is 2. The molecule has 0 bridgehead atoms. The third kappa shape index (κ3) is 6.20. The van der Waals surface area contributed by atoms with Crippen LogP contribution in [0.25, 0.3) is 0 Å². The molecule has 2 saturated heterocycles. The van der Waals surface area contributed by atoms with Crippen LogP contribution in [-0.4, -0.2) is 74.3 Å². The predicted octanol–water partition coefficient (Wildman–Crippen LogP) is 0.863. The second-order valence-electron chi connectivity index (χ2n) is 6.73. The van der Waals surface area contributed by atoms with E-state index in [1.54, 1.807) is 0 Å². The summed E-state index contributed by atoms with van der Waals surface area (Å²) in [5.74, 6) is 0.715. The van der Waals surface area contributed by atoms with Gasteiger partial charge in [-0.25, -0.2) is 0 Å². The molecule has 0 amide bonds. The van der Waals surface area contributed by atoms with E-state index in [9.17, 15) is 5.11 Å². The summed E-state index contributed by atoms with van der Waals surface area (Å²) in [6.45, 7) is 10.4. The Morgan fingerprint density at radius 2 is 2.24 bits per heavy atom. The molecule has 0 saturated carbocycles. The van der Waals surface area contributed by atoms with Crippen LogP contribution in [0.4, 0.5) is 0 Å². The number of rotatable bonds is 9. The highest BCUT2D eigenvalue weighted by atomic mass is 16.5. The van der Waals surface area contributed by atoms with Crippen molar-refractivity contribution in [3.05, 3.63) is 0 Å². The van der Waals surface area contributed by atoms with Gasteiger partial charge in [-0.3, -0.25) is 0 Å². The lowest BCUT2D eigenvalue weighted by atomic mass is 10.1. The van der Waals surface area contributed by atoms with Crippen LogP contribution in [0.3, 0.4) is 0 Å². The van der Waals surface area contributed by atoms with Crippen molar-refractivity contribution in [3.63, 3.8) is 0 Å². The van der Waals surface area contributed by atoms with Crippen molar-refractivity contribution in [2.24, 2.45) is 5.92 Å². The first-order chi connectivity index (χ1) is 10.1. The first kappa shape index (κ1) is 17.2. The zero-order valence-electron chi connectivity index (χ0n) is 13.6. The summed E-state index contributed by atoms with van der Waals surface area (Å²) >= 11 is 0. The van der Waals surface area contributed by atoms with Crippen molar-refractivity contribution in [2.75, 3.05) is 46.0 Å². The van der Waals surface area contributed by atoms with Gasteiger partial charge in [0.15, 0.2) is 0 Å². The minimum absolute atomic E-state index is 0.241. The maximum absolute atomic E-state index is 9.90. The van der Waals surface area contributed by atoms with E-state index >= 15 is 0 Å². The smallest absolute Gasteiger partial charge is 0.0897 e. The number of nitrogens with zero attached hydrogens (tertiary/aromatic N) is 1. The zero-order valence-corrected chi connectivity index (χ0v) is 13.6. The fourth-order valence-electron chi connectivity index (χ4n) is 3.12. The highest BCUT2D eigenvalue weighted by Crippen LogP contribution is 2.17. The molecular formula is C16H32N2O3. The molecule has 3 atom stereocenters. The van der Waals surface area contributed by atoms with Gasteiger partial charge in [0.25, 0.3) is 0 Å². The number of hydrogen-bond acceptors (Lipinski definition) is 5. The monoisotopic (exact) mass is 300 g/mol. The Balaban J connectivity index is 1.46. The summed E-state index contributed by atoms with van der Waals surface area (Å²) in [6.07, 6.45) is 3.30. The molecule has 2 rings (SSSR count). The van der Waals surface area contributed by atoms with Gasteiger partial charge < -0.3 is 24.8 Å². The summed E-state index contributed by atoms with van der Waals surface area (Å²) < 4.78 is 11.0. The third-order valence-corrected chi connectivity index (χ3v) is 4.50. The molecule has 0 radical (unpaired) electrons. The van der Waals surface area contributed by atoms with Crippen LogP contribution in [0.2, 0.25) is 0 Å². The normalized spacial score (nSPS) is 28.6. The molecule has 5 heteroatoms. The third-order valence-electron chi connectivity index (χ3n) is 4.50. The van der Waals surface area contributed by atoms with Crippen molar-refractivity contribution in [1.82, 2.24) is 10.2 Å². The van der Waals surface area contributed by atoms with Gasteiger partial charge in [0.2, 0.25) is 0 Å². The maximum atomic E-state index is 9.90. The van der Waals surface area contributed by atoms with Crippen molar-refractivity contribution in [3.8, 4) is 0 Å². The van der Waals surface area contributed by atoms with E-state index < -0.39 is 6.10 Å². The van der Waals surface area contributed by atoms with E-state index in [1.807, 2.05) is 0 Å². The van der Waals surface area contributed by atoms with Crippen LogP contribution in [-0.2, 0) is 9.47 Å². The Bertz CT molecular complexity index is 283. The quantitative estimate of drug-likeness (QED) is 0.661. The molecule has 5 nitrogen and oxygen atoms in total. The highest BCUT2D eigenvalue weighted by Gasteiger charge is 2.23. The summed E-state index contributed by atoms with van der Waals surface area (Å²) in [7, 11) is 0. The second-order valence-corrected chi connectivity index (χ2v) is 6.73. The molecule has 0 aromatic carbocycles. The Labute approximate surface area is 129 Å². The number of hydrogen-bond donors (Lipinski definition) is 2. The molecule has 3 unspecified atom stereocenters. The van der Waals surface area contributed by atoms with E-state index in [2.05, 4.69) is 24.1 Å². The van der Waals surface area contributed by atoms with Gasteiger partial charge >= 0.3 is 0 Å². The fourth-order valence-corrected chi connectivity index (χ4v) is 3.12. The van der Waals surface area contributed by atoms with Crippen molar-refractivity contribution < 1.29 is 14.6 Å². The summed E-state index contributed by atoms with van der Waals surface area (Å²) in [5, 5.41) is 13.3. The summed E-state index contributed by atoms with van der Waals surface area (Å²) in [6, 6.07) is 0.645. The molecular weight excluding hydrogens is 268 g/mol. The second kappa shape index (κ2) is 9.06. The van der Waals surface area contributed by atoms with Crippen LogP contribution in [0.15, 0.2) is 0 Å². The lowest BCUT2D eigenvalue weighted by molar-refractivity contribution is -0.0165. The lowest BCUT2D eigenvalue weighted by Crippen LogP contribution is -2.35. The van der Waals surface area contributed by atoms with Crippen LogP contribution in [0, 0.1) is 5.92 Å². The minimum atomic E-state index is -0.422. The van der Waals surface area contributed by atoms with Gasteiger partial charge in [0, 0.05) is 25.7 Å². The highest BCUT2D eigenvalue weighted by molar-refractivity contribution is 4.79. The average molecular weight is 300 g/mol. The average Bonchev–Trinajstić information content (AvgIpc) is 3.09. The molecule has 124 valence electrons. The fraction of sp³-hybridized carbons (Fsp3) is 1.00. The molecule has 0 aromatic rings. The van der Waals surface area contributed by atoms with Gasteiger partial charge in [0.1, 0.15) is 0 Å². The first-order valence-electron chi connectivity index (χ1n) is 8.47. The van der Waals surface area contributed by atoms with E-state index in [0.717, 1.165) is 26.0 Å². The summed E-state index contributed by atoms with van der Waals surface area (Å²) in [5.41, 5.74) is 0. The number of nitrogens with one attached hydrogen (secondary N) is 1. The topological polar surface area (TPSA) is 54.0 Å². The molecule has 2 heterocycles. The molecule has 2 N–H and O–H groups in total. The first-order valence-corrected chi connectivity index (χ1v) is 8.47. The number of aliphatic hydroxyl groups is 1. The van der Waals surface area contributed by atoms with Gasteiger partial charge in [-0.05, 0) is 52.1 Å². The SMILES string of the molecule is CC(C)N1CCC(CNCC(O)COCC2CCCO2)C1. The largest absolute Gasteiger partial charge is 0.389 e.